The van der Waals surface area contributed by atoms with Crippen LogP contribution in [0.5, 0.6) is 0 Å². The fourth-order valence-corrected chi connectivity index (χ4v) is 2.72. The highest BCUT2D eigenvalue weighted by Gasteiger charge is 2.21. The quantitative estimate of drug-likeness (QED) is 0.873. The SMILES string of the molecule is Cl.NC1CCCN(C(=O)Cc2ccc(Cl)c(Br)c2)C1. The zero-order valence-electron chi connectivity index (χ0n) is 10.4. The van der Waals surface area contributed by atoms with Crippen molar-refractivity contribution < 1.29 is 4.79 Å². The van der Waals surface area contributed by atoms with E-state index >= 15 is 0 Å². The maximum atomic E-state index is 12.1. The molecule has 1 aromatic rings. The van der Waals surface area contributed by atoms with Crippen LogP contribution in [0.3, 0.4) is 0 Å². The molecule has 1 fully saturated rings. The van der Waals surface area contributed by atoms with Gasteiger partial charge in [0.25, 0.3) is 0 Å². The van der Waals surface area contributed by atoms with E-state index in [1.165, 1.54) is 0 Å². The van der Waals surface area contributed by atoms with Gasteiger partial charge in [-0.05, 0) is 46.5 Å². The highest BCUT2D eigenvalue weighted by Crippen LogP contribution is 2.23. The molecule has 2 rings (SSSR count). The second-order valence-corrected chi connectivity index (χ2v) is 5.93. The van der Waals surface area contributed by atoms with Crippen LogP contribution in [0.2, 0.25) is 5.02 Å². The zero-order chi connectivity index (χ0) is 13.1. The first-order valence-corrected chi connectivity index (χ1v) is 7.20. The van der Waals surface area contributed by atoms with Crippen LogP contribution in [0.4, 0.5) is 0 Å². The summed E-state index contributed by atoms with van der Waals surface area (Å²) in [5.74, 6) is 0.138. The monoisotopic (exact) mass is 366 g/mol. The van der Waals surface area contributed by atoms with Crippen LogP contribution < -0.4 is 5.73 Å². The molecule has 1 heterocycles. The van der Waals surface area contributed by atoms with Crippen LogP contribution in [0.25, 0.3) is 0 Å². The third-order valence-corrected chi connectivity index (χ3v) is 4.36. The van der Waals surface area contributed by atoms with Crippen molar-refractivity contribution in [3.63, 3.8) is 0 Å². The number of benzene rings is 1. The Morgan fingerprint density at radius 2 is 2.26 bits per heavy atom. The van der Waals surface area contributed by atoms with Crippen molar-refractivity contribution in [1.82, 2.24) is 4.90 Å². The lowest BCUT2D eigenvalue weighted by Crippen LogP contribution is -2.46. The van der Waals surface area contributed by atoms with Crippen molar-refractivity contribution in [1.29, 1.82) is 0 Å². The maximum absolute atomic E-state index is 12.1. The van der Waals surface area contributed by atoms with E-state index in [1.807, 2.05) is 17.0 Å². The van der Waals surface area contributed by atoms with E-state index in [0.717, 1.165) is 29.4 Å². The van der Waals surface area contributed by atoms with Gasteiger partial charge in [0.05, 0.1) is 11.4 Å². The van der Waals surface area contributed by atoms with E-state index in [-0.39, 0.29) is 24.4 Å². The van der Waals surface area contributed by atoms with Gasteiger partial charge in [0.15, 0.2) is 0 Å². The predicted molar refractivity (Wildman–Crippen MR) is 83.9 cm³/mol. The zero-order valence-corrected chi connectivity index (χ0v) is 13.6. The number of carbonyl (C=O) groups is 1. The van der Waals surface area contributed by atoms with E-state index in [4.69, 9.17) is 17.3 Å². The summed E-state index contributed by atoms with van der Waals surface area (Å²) < 4.78 is 0.824. The van der Waals surface area contributed by atoms with Crippen molar-refractivity contribution in [3.05, 3.63) is 33.3 Å². The fraction of sp³-hybridized carbons (Fsp3) is 0.462. The molecule has 0 bridgehead atoms. The van der Waals surface area contributed by atoms with Crippen molar-refractivity contribution >= 4 is 45.8 Å². The molecule has 2 N–H and O–H groups in total. The van der Waals surface area contributed by atoms with Gasteiger partial charge in [-0.25, -0.2) is 0 Å². The Hall–Kier alpha value is -0.290. The van der Waals surface area contributed by atoms with Gasteiger partial charge in [-0.3, -0.25) is 4.79 Å². The summed E-state index contributed by atoms with van der Waals surface area (Å²) in [5.41, 5.74) is 6.85. The standard InChI is InChI=1S/C13H16BrClN2O.ClH/c14-11-6-9(3-4-12(11)15)7-13(18)17-5-1-2-10(16)8-17;/h3-4,6,10H,1-2,5,7-8,16H2;1H. The second kappa shape index (κ2) is 7.48. The average Bonchev–Trinajstić information content (AvgIpc) is 2.34. The van der Waals surface area contributed by atoms with Gasteiger partial charge >= 0.3 is 0 Å². The molecule has 0 saturated carbocycles. The molecule has 1 unspecified atom stereocenters. The van der Waals surface area contributed by atoms with Crippen LogP contribution in [0.1, 0.15) is 18.4 Å². The number of halogens is 3. The van der Waals surface area contributed by atoms with Gasteiger partial charge in [0, 0.05) is 23.6 Å². The number of nitrogens with two attached hydrogens (primary N) is 1. The highest BCUT2D eigenvalue weighted by molar-refractivity contribution is 9.10. The lowest BCUT2D eigenvalue weighted by atomic mass is 10.1. The first kappa shape index (κ1) is 16.8. The summed E-state index contributed by atoms with van der Waals surface area (Å²) >= 11 is 9.29. The minimum absolute atomic E-state index is 0. The molecule has 1 saturated heterocycles. The van der Waals surface area contributed by atoms with Crippen LogP contribution in [-0.4, -0.2) is 29.9 Å². The average molecular weight is 368 g/mol. The molecule has 0 aliphatic carbocycles. The van der Waals surface area contributed by atoms with Gasteiger partial charge < -0.3 is 10.6 Å². The van der Waals surface area contributed by atoms with Crippen LogP contribution >= 0.6 is 39.9 Å². The Balaban J connectivity index is 0.00000180. The van der Waals surface area contributed by atoms with E-state index in [9.17, 15) is 4.79 Å². The molecule has 0 spiro atoms. The Labute approximate surface area is 133 Å². The summed E-state index contributed by atoms with van der Waals surface area (Å²) in [7, 11) is 0. The molecule has 106 valence electrons. The Bertz CT molecular complexity index is 456. The summed E-state index contributed by atoms with van der Waals surface area (Å²) in [6, 6.07) is 5.70. The van der Waals surface area contributed by atoms with Gasteiger partial charge in [0.2, 0.25) is 5.91 Å². The fourth-order valence-electron chi connectivity index (χ4n) is 2.17. The van der Waals surface area contributed by atoms with Gasteiger partial charge in [0.1, 0.15) is 0 Å². The molecule has 1 amide bonds. The molecule has 3 nitrogen and oxygen atoms in total. The van der Waals surface area contributed by atoms with Crippen LogP contribution in [0, 0.1) is 0 Å². The minimum Gasteiger partial charge on any atom is -0.341 e. The van der Waals surface area contributed by atoms with Crippen molar-refractivity contribution in [2.45, 2.75) is 25.3 Å². The number of piperidine rings is 1. The van der Waals surface area contributed by atoms with E-state index < -0.39 is 0 Å². The number of nitrogens with zero attached hydrogens (tertiary/aromatic N) is 1. The molecular formula is C13H17BrCl2N2O. The molecule has 1 aliphatic rings. The number of rotatable bonds is 2. The van der Waals surface area contributed by atoms with Crippen LogP contribution in [-0.2, 0) is 11.2 Å². The van der Waals surface area contributed by atoms with Crippen molar-refractivity contribution in [2.75, 3.05) is 13.1 Å². The van der Waals surface area contributed by atoms with E-state index in [2.05, 4.69) is 15.9 Å². The molecule has 1 aliphatic heterocycles. The van der Waals surface area contributed by atoms with Gasteiger partial charge in [-0.1, -0.05) is 17.7 Å². The maximum Gasteiger partial charge on any atom is 0.227 e. The van der Waals surface area contributed by atoms with Crippen LogP contribution in [0.15, 0.2) is 22.7 Å². The summed E-state index contributed by atoms with van der Waals surface area (Å²) in [4.78, 5) is 14.0. The van der Waals surface area contributed by atoms with E-state index in [1.54, 1.807) is 6.07 Å². The molecule has 0 aromatic heterocycles. The lowest BCUT2D eigenvalue weighted by molar-refractivity contribution is -0.131. The number of hydrogen-bond donors (Lipinski definition) is 1. The van der Waals surface area contributed by atoms with Gasteiger partial charge in [-0.15, -0.1) is 12.4 Å². The predicted octanol–water partition coefficient (Wildman–Crippen LogP) is 3.02. The van der Waals surface area contributed by atoms with Crippen molar-refractivity contribution in [3.8, 4) is 0 Å². The molecule has 1 atom stereocenters. The summed E-state index contributed by atoms with van der Waals surface area (Å²) in [6.07, 6.45) is 2.41. The topological polar surface area (TPSA) is 46.3 Å². The number of amides is 1. The molecule has 6 heteroatoms. The Morgan fingerprint density at radius 1 is 1.53 bits per heavy atom. The largest absolute Gasteiger partial charge is 0.341 e. The number of likely N-dealkylation sites (tertiary alicyclic amines) is 1. The minimum atomic E-state index is 0. The normalized spacial score (nSPS) is 18.9. The molecule has 1 aromatic carbocycles. The molecule has 19 heavy (non-hydrogen) atoms. The first-order chi connectivity index (χ1) is 8.56. The Morgan fingerprint density at radius 3 is 2.89 bits per heavy atom. The van der Waals surface area contributed by atoms with Crippen molar-refractivity contribution in [2.24, 2.45) is 5.73 Å². The third-order valence-electron chi connectivity index (χ3n) is 3.15. The van der Waals surface area contributed by atoms with E-state index in [0.29, 0.717) is 18.0 Å². The highest BCUT2D eigenvalue weighted by atomic mass is 79.9. The lowest BCUT2D eigenvalue weighted by Gasteiger charge is -2.30. The summed E-state index contributed by atoms with van der Waals surface area (Å²) in [6.45, 7) is 1.49. The molecular weight excluding hydrogens is 351 g/mol. The Kier molecular flexibility index (Phi) is 6.60. The first-order valence-electron chi connectivity index (χ1n) is 6.03. The molecule has 0 radical (unpaired) electrons. The summed E-state index contributed by atoms with van der Waals surface area (Å²) in [5, 5.41) is 0.659. The number of carbonyl (C=O) groups excluding carboxylic acids is 1. The third kappa shape index (κ3) is 4.63. The van der Waals surface area contributed by atoms with Gasteiger partial charge in [-0.2, -0.15) is 0 Å². The smallest absolute Gasteiger partial charge is 0.227 e. The number of hydrogen-bond acceptors (Lipinski definition) is 2. The second-order valence-electron chi connectivity index (χ2n) is 4.67.